The first kappa shape index (κ1) is 12.4. The van der Waals surface area contributed by atoms with Gasteiger partial charge in [-0.1, -0.05) is 12.2 Å². The van der Waals surface area contributed by atoms with Crippen molar-refractivity contribution in [3.8, 4) is 0 Å². The van der Waals surface area contributed by atoms with E-state index in [4.69, 9.17) is 22.1 Å². The van der Waals surface area contributed by atoms with Crippen molar-refractivity contribution in [2.45, 2.75) is 31.3 Å². The van der Waals surface area contributed by atoms with Crippen LogP contribution in [0.5, 0.6) is 0 Å². The molecular formula is C10H13FN2O3S. The summed E-state index contributed by atoms with van der Waals surface area (Å²) >= 11 is 4.79. The van der Waals surface area contributed by atoms with E-state index >= 15 is 0 Å². The lowest BCUT2D eigenvalue weighted by molar-refractivity contribution is -0.0610. The van der Waals surface area contributed by atoms with E-state index in [0.29, 0.717) is 0 Å². The molecule has 1 aliphatic rings. The van der Waals surface area contributed by atoms with Crippen LogP contribution in [0.15, 0.2) is 17.1 Å². The normalized spacial score (nSPS) is 32.9. The minimum absolute atomic E-state index is 0.0518. The number of halogens is 1. The van der Waals surface area contributed by atoms with Gasteiger partial charge in [-0.3, -0.25) is 9.55 Å². The van der Waals surface area contributed by atoms with E-state index in [1.807, 2.05) is 0 Å². The Balaban J connectivity index is 2.40. The van der Waals surface area contributed by atoms with Gasteiger partial charge in [0.1, 0.15) is 4.64 Å². The van der Waals surface area contributed by atoms with Crippen molar-refractivity contribution in [2.75, 3.05) is 6.61 Å². The van der Waals surface area contributed by atoms with Crippen molar-refractivity contribution in [1.29, 1.82) is 0 Å². The number of aliphatic hydroxyl groups excluding tert-OH is 1. The van der Waals surface area contributed by atoms with Crippen LogP contribution in [0.4, 0.5) is 4.39 Å². The van der Waals surface area contributed by atoms with Crippen LogP contribution in [-0.4, -0.2) is 33.0 Å². The number of ether oxygens (including phenoxy) is 1. The Kier molecular flexibility index (Phi) is 3.15. The van der Waals surface area contributed by atoms with E-state index in [0.717, 1.165) is 4.57 Å². The van der Waals surface area contributed by atoms with Crippen LogP contribution in [-0.2, 0) is 4.74 Å². The molecule has 1 aromatic heterocycles. The largest absolute Gasteiger partial charge is 0.394 e. The van der Waals surface area contributed by atoms with Crippen molar-refractivity contribution in [3.05, 3.63) is 27.4 Å². The monoisotopic (exact) mass is 260 g/mol. The Bertz CT molecular complexity index is 525. The van der Waals surface area contributed by atoms with Gasteiger partial charge in [-0.15, -0.1) is 0 Å². The summed E-state index contributed by atoms with van der Waals surface area (Å²) in [4.78, 5) is 14.0. The van der Waals surface area contributed by atoms with Crippen LogP contribution in [0.3, 0.4) is 0 Å². The Morgan fingerprint density at radius 2 is 2.53 bits per heavy atom. The number of nitrogens with zero attached hydrogens (tertiary/aromatic N) is 1. The first-order valence-electron chi connectivity index (χ1n) is 5.21. The molecule has 0 aliphatic carbocycles. The molecule has 3 atom stereocenters. The summed E-state index contributed by atoms with van der Waals surface area (Å²) in [5.74, 6) is 0. The molecule has 1 fully saturated rings. The smallest absolute Gasteiger partial charge is 0.328 e. The van der Waals surface area contributed by atoms with Crippen molar-refractivity contribution in [1.82, 2.24) is 9.55 Å². The van der Waals surface area contributed by atoms with Crippen LogP contribution >= 0.6 is 12.2 Å². The zero-order valence-corrected chi connectivity index (χ0v) is 10.0. The number of aliphatic hydroxyl groups is 1. The summed E-state index contributed by atoms with van der Waals surface area (Å²) in [5, 5.41) is 8.97. The molecule has 1 saturated heterocycles. The zero-order chi connectivity index (χ0) is 12.6. The average molecular weight is 260 g/mol. The van der Waals surface area contributed by atoms with Crippen LogP contribution in [0.1, 0.15) is 19.6 Å². The molecule has 2 heterocycles. The molecule has 94 valence electrons. The standard InChI is InChI=1S/C10H13FN2O3S/c1-10(11)4-6(5-14)16-8(10)13-3-2-7(17)12-9(13)15/h2-3,6,8,14H,4-5H2,1H3,(H,12,15,17)/t6-,8+,10?/m0/s1. The fourth-order valence-corrected chi connectivity index (χ4v) is 2.14. The van der Waals surface area contributed by atoms with Gasteiger partial charge >= 0.3 is 5.69 Å². The molecule has 5 nitrogen and oxygen atoms in total. The second-order valence-electron chi connectivity index (χ2n) is 4.29. The number of nitrogens with one attached hydrogen (secondary N) is 1. The number of alkyl halides is 1. The molecular weight excluding hydrogens is 247 g/mol. The van der Waals surface area contributed by atoms with Crippen LogP contribution in [0.25, 0.3) is 0 Å². The van der Waals surface area contributed by atoms with Crippen molar-refractivity contribution < 1.29 is 14.2 Å². The van der Waals surface area contributed by atoms with Crippen LogP contribution in [0, 0.1) is 4.64 Å². The predicted octanol–water partition coefficient (Wildman–Crippen LogP) is 0.914. The first-order valence-corrected chi connectivity index (χ1v) is 5.61. The molecule has 1 aromatic rings. The van der Waals surface area contributed by atoms with Crippen LogP contribution in [0.2, 0.25) is 0 Å². The lowest BCUT2D eigenvalue weighted by atomic mass is 10.0. The Morgan fingerprint density at radius 1 is 1.82 bits per heavy atom. The fraction of sp³-hybridized carbons (Fsp3) is 0.600. The van der Waals surface area contributed by atoms with Gasteiger partial charge in [-0.25, -0.2) is 9.18 Å². The molecule has 7 heteroatoms. The van der Waals surface area contributed by atoms with E-state index in [-0.39, 0.29) is 17.7 Å². The topological polar surface area (TPSA) is 67.2 Å². The summed E-state index contributed by atoms with van der Waals surface area (Å²) in [7, 11) is 0. The molecule has 2 rings (SSSR count). The summed E-state index contributed by atoms with van der Waals surface area (Å²) in [6.45, 7) is 1.08. The quantitative estimate of drug-likeness (QED) is 0.776. The van der Waals surface area contributed by atoms with Gasteiger partial charge in [0.15, 0.2) is 11.9 Å². The van der Waals surface area contributed by atoms with E-state index in [2.05, 4.69) is 4.98 Å². The first-order chi connectivity index (χ1) is 7.94. The SMILES string of the molecule is CC1(F)C[C@@H](CO)O[C@H]1n1ccc(=S)[nH]c1=O. The molecule has 0 spiro atoms. The van der Waals surface area contributed by atoms with Crippen molar-refractivity contribution >= 4 is 12.2 Å². The highest BCUT2D eigenvalue weighted by Crippen LogP contribution is 2.39. The average Bonchev–Trinajstić information content (AvgIpc) is 2.54. The molecule has 0 aromatic carbocycles. The van der Waals surface area contributed by atoms with Gasteiger partial charge in [0.2, 0.25) is 0 Å². The third kappa shape index (κ3) is 2.31. The summed E-state index contributed by atoms with van der Waals surface area (Å²) in [5.41, 5.74) is -2.22. The molecule has 2 N–H and O–H groups in total. The summed E-state index contributed by atoms with van der Waals surface area (Å²) in [6, 6.07) is 1.49. The highest BCUT2D eigenvalue weighted by Gasteiger charge is 2.47. The lowest BCUT2D eigenvalue weighted by Crippen LogP contribution is -2.35. The number of H-pyrrole nitrogens is 1. The van der Waals surface area contributed by atoms with Crippen molar-refractivity contribution in [2.24, 2.45) is 0 Å². The van der Waals surface area contributed by atoms with Gasteiger partial charge < -0.3 is 9.84 Å². The molecule has 0 bridgehead atoms. The van der Waals surface area contributed by atoms with Gasteiger partial charge in [-0.05, 0) is 13.0 Å². The number of hydrogen-bond acceptors (Lipinski definition) is 4. The molecule has 1 aliphatic heterocycles. The van der Waals surface area contributed by atoms with E-state index in [1.165, 1.54) is 19.2 Å². The number of aromatic amines is 1. The molecule has 17 heavy (non-hydrogen) atoms. The predicted molar refractivity (Wildman–Crippen MR) is 61.0 cm³/mol. The second kappa shape index (κ2) is 4.32. The molecule has 0 saturated carbocycles. The minimum atomic E-state index is -1.70. The van der Waals surface area contributed by atoms with Gasteiger partial charge in [0.05, 0.1) is 12.7 Å². The maximum Gasteiger partial charge on any atom is 0.328 e. The van der Waals surface area contributed by atoms with Crippen molar-refractivity contribution in [3.63, 3.8) is 0 Å². The van der Waals surface area contributed by atoms with E-state index in [9.17, 15) is 9.18 Å². The van der Waals surface area contributed by atoms with Gasteiger partial charge in [0, 0.05) is 12.6 Å². The minimum Gasteiger partial charge on any atom is -0.394 e. The number of rotatable bonds is 2. The zero-order valence-electron chi connectivity index (χ0n) is 9.22. The fourth-order valence-electron chi connectivity index (χ4n) is 1.99. The third-order valence-corrected chi connectivity index (χ3v) is 3.01. The van der Waals surface area contributed by atoms with Gasteiger partial charge in [-0.2, -0.15) is 0 Å². The van der Waals surface area contributed by atoms with E-state index < -0.39 is 23.7 Å². The highest BCUT2D eigenvalue weighted by molar-refractivity contribution is 7.71. The molecule has 0 amide bonds. The number of hydrogen-bond donors (Lipinski definition) is 2. The van der Waals surface area contributed by atoms with Crippen LogP contribution < -0.4 is 5.69 Å². The Hall–Kier alpha value is -1.05. The summed E-state index contributed by atoms with van der Waals surface area (Å²) < 4.78 is 21.0. The Labute approximate surface area is 102 Å². The maximum absolute atomic E-state index is 14.2. The maximum atomic E-state index is 14.2. The Morgan fingerprint density at radius 3 is 3.06 bits per heavy atom. The molecule has 0 radical (unpaired) electrons. The lowest BCUT2D eigenvalue weighted by Gasteiger charge is -2.22. The summed E-state index contributed by atoms with van der Waals surface area (Å²) in [6.07, 6.45) is -0.191. The third-order valence-electron chi connectivity index (χ3n) is 2.77. The highest BCUT2D eigenvalue weighted by atomic mass is 32.1. The van der Waals surface area contributed by atoms with E-state index in [1.54, 1.807) is 0 Å². The van der Waals surface area contributed by atoms with Gasteiger partial charge in [0.25, 0.3) is 0 Å². The number of aromatic nitrogens is 2. The molecule has 1 unspecified atom stereocenters. The second-order valence-corrected chi connectivity index (χ2v) is 4.73.